The van der Waals surface area contributed by atoms with Crippen LogP contribution in [0.1, 0.15) is 6.42 Å². The molecule has 2 heterocycles. The predicted octanol–water partition coefficient (Wildman–Crippen LogP) is -0.0455. The molecule has 4 nitrogen and oxygen atoms in total. The van der Waals surface area contributed by atoms with Gasteiger partial charge in [0.2, 0.25) is 0 Å². The van der Waals surface area contributed by atoms with Crippen molar-refractivity contribution >= 4 is 0 Å². The fourth-order valence-corrected chi connectivity index (χ4v) is 2.50. The van der Waals surface area contributed by atoms with Gasteiger partial charge < -0.3 is 14.5 Å². The standard InChI is InChI=1S/C12H25N3O/c1-13-5-7-15(8-6-13)11-12-10-14(2)4-3-9-16-12/h12H,3-11H2,1-2H3. The first-order valence-corrected chi connectivity index (χ1v) is 6.45. The van der Waals surface area contributed by atoms with Gasteiger partial charge in [-0.2, -0.15) is 0 Å². The molecule has 94 valence electrons. The molecule has 16 heavy (non-hydrogen) atoms. The van der Waals surface area contributed by atoms with Crippen LogP contribution < -0.4 is 0 Å². The number of rotatable bonds is 2. The molecule has 0 N–H and O–H groups in total. The van der Waals surface area contributed by atoms with Crippen LogP contribution >= 0.6 is 0 Å². The van der Waals surface area contributed by atoms with E-state index in [1.165, 1.54) is 39.1 Å². The number of hydrogen-bond acceptors (Lipinski definition) is 4. The summed E-state index contributed by atoms with van der Waals surface area (Å²) in [6.07, 6.45) is 1.59. The minimum atomic E-state index is 0.413. The van der Waals surface area contributed by atoms with Crippen LogP contribution in [0.4, 0.5) is 0 Å². The fraction of sp³-hybridized carbons (Fsp3) is 1.00. The minimum Gasteiger partial charge on any atom is -0.376 e. The summed E-state index contributed by atoms with van der Waals surface area (Å²) in [4.78, 5) is 7.34. The molecule has 0 aromatic heterocycles. The Morgan fingerprint density at radius 2 is 1.75 bits per heavy atom. The van der Waals surface area contributed by atoms with E-state index in [1.807, 2.05) is 0 Å². The molecule has 0 bridgehead atoms. The summed E-state index contributed by atoms with van der Waals surface area (Å²) in [5.74, 6) is 0. The zero-order valence-electron chi connectivity index (χ0n) is 10.7. The lowest BCUT2D eigenvalue weighted by Crippen LogP contribution is -2.48. The number of likely N-dealkylation sites (N-methyl/N-ethyl adjacent to an activating group) is 2. The third kappa shape index (κ3) is 3.70. The van der Waals surface area contributed by atoms with Crippen molar-refractivity contribution in [1.29, 1.82) is 0 Å². The van der Waals surface area contributed by atoms with Gasteiger partial charge in [0.25, 0.3) is 0 Å². The summed E-state index contributed by atoms with van der Waals surface area (Å²) in [5, 5.41) is 0. The highest BCUT2D eigenvalue weighted by molar-refractivity contribution is 4.76. The minimum absolute atomic E-state index is 0.413. The van der Waals surface area contributed by atoms with Crippen molar-refractivity contribution in [2.24, 2.45) is 0 Å². The number of piperazine rings is 1. The third-order valence-corrected chi connectivity index (χ3v) is 3.61. The highest BCUT2D eigenvalue weighted by Crippen LogP contribution is 2.07. The van der Waals surface area contributed by atoms with Gasteiger partial charge in [-0.15, -0.1) is 0 Å². The molecule has 2 saturated heterocycles. The number of hydrogen-bond donors (Lipinski definition) is 0. The van der Waals surface area contributed by atoms with Crippen molar-refractivity contribution in [2.75, 3.05) is 66.5 Å². The third-order valence-electron chi connectivity index (χ3n) is 3.61. The molecule has 2 aliphatic heterocycles. The Morgan fingerprint density at radius 1 is 1.00 bits per heavy atom. The Labute approximate surface area is 99.1 Å². The molecule has 0 aromatic carbocycles. The molecule has 1 atom stereocenters. The van der Waals surface area contributed by atoms with Crippen molar-refractivity contribution in [1.82, 2.24) is 14.7 Å². The van der Waals surface area contributed by atoms with Gasteiger partial charge in [0.1, 0.15) is 0 Å². The second kappa shape index (κ2) is 5.96. The van der Waals surface area contributed by atoms with Gasteiger partial charge in [-0.1, -0.05) is 0 Å². The zero-order valence-corrected chi connectivity index (χ0v) is 10.7. The summed E-state index contributed by atoms with van der Waals surface area (Å²) in [6, 6.07) is 0. The van der Waals surface area contributed by atoms with Crippen molar-refractivity contribution in [3.8, 4) is 0 Å². The normalized spacial score (nSPS) is 31.5. The van der Waals surface area contributed by atoms with Gasteiger partial charge in [-0.05, 0) is 20.5 Å². The molecular weight excluding hydrogens is 202 g/mol. The smallest absolute Gasteiger partial charge is 0.0828 e. The second-order valence-corrected chi connectivity index (χ2v) is 5.21. The van der Waals surface area contributed by atoms with Crippen LogP contribution in [-0.2, 0) is 4.74 Å². The molecule has 0 aliphatic carbocycles. The van der Waals surface area contributed by atoms with E-state index in [0.29, 0.717) is 6.10 Å². The lowest BCUT2D eigenvalue weighted by atomic mass is 10.2. The average molecular weight is 227 g/mol. The van der Waals surface area contributed by atoms with Crippen molar-refractivity contribution in [3.63, 3.8) is 0 Å². The lowest BCUT2D eigenvalue weighted by molar-refractivity contribution is 0.0183. The molecule has 0 radical (unpaired) electrons. The van der Waals surface area contributed by atoms with Crippen LogP contribution in [0.3, 0.4) is 0 Å². The Kier molecular flexibility index (Phi) is 4.58. The van der Waals surface area contributed by atoms with Crippen LogP contribution in [0, 0.1) is 0 Å². The predicted molar refractivity (Wildman–Crippen MR) is 65.8 cm³/mol. The van der Waals surface area contributed by atoms with Crippen LogP contribution in [0.15, 0.2) is 0 Å². The quantitative estimate of drug-likeness (QED) is 0.658. The van der Waals surface area contributed by atoms with Crippen LogP contribution in [-0.4, -0.2) is 87.3 Å². The molecular formula is C12H25N3O. The Hall–Kier alpha value is -0.160. The molecule has 4 heteroatoms. The Morgan fingerprint density at radius 3 is 2.50 bits per heavy atom. The number of ether oxygens (including phenoxy) is 1. The maximum atomic E-state index is 5.91. The lowest BCUT2D eigenvalue weighted by Gasteiger charge is -2.34. The highest BCUT2D eigenvalue weighted by atomic mass is 16.5. The van der Waals surface area contributed by atoms with Crippen LogP contribution in [0.25, 0.3) is 0 Å². The molecule has 2 aliphatic rings. The first-order chi connectivity index (χ1) is 7.74. The number of nitrogens with zero attached hydrogens (tertiary/aromatic N) is 3. The summed E-state index contributed by atoms with van der Waals surface area (Å²) in [5.41, 5.74) is 0. The SMILES string of the molecule is CN1CCN(CC2CN(C)CCCO2)CC1. The molecule has 2 rings (SSSR count). The second-order valence-electron chi connectivity index (χ2n) is 5.21. The van der Waals surface area contributed by atoms with Gasteiger partial charge in [0.15, 0.2) is 0 Å². The first-order valence-electron chi connectivity index (χ1n) is 6.45. The van der Waals surface area contributed by atoms with E-state index in [-0.39, 0.29) is 0 Å². The monoisotopic (exact) mass is 227 g/mol. The highest BCUT2D eigenvalue weighted by Gasteiger charge is 2.21. The largest absolute Gasteiger partial charge is 0.376 e. The van der Waals surface area contributed by atoms with E-state index >= 15 is 0 Å². The fourth-order valence-electron chi connectivity index (χ4n) is 2.50. The first kappa shape index (κ1) is 12.3. The van der Waals surface area contributed by atoms with Crippen molar-refractivity contribution < 1.29 is 4.74 Å². The van der Waals surface area contributed by atoms with Gasteiger partial charge in [-0.25, -0.2) is 0 Å². The molecule has 0 saturated carbocycles. The molecule has 0 aromatic rings. The van der Waals surface area contributed by atoms with E-state index < -0.39 is 0 Å². The van der Waals surface area contributed by atoms with Crippen molar-refractivity contribution in [2.45, 2.75) is 12.5 Å². The van der Waals surface area contributed by atoms with E-state index in [2.05, 4.69) is 28.8 Å². The van der Waals surface area contributed by atoms with E-state index in [9.17, 15) is 0 Å². The Balaban J connectivity index is 1.75. The Bertz CT molecular complexity index is 204. The van der Waals surface area contributed by atoms with Gasteiger partial charge in [0.05, 0.1) is 6.10 Å². The molecule has 0 spiro atoms. The van der Waals surface area contributed by atoms with Crippen LogP contribution in [0.2, 0.25) is 0 Å². The van der Waals surface area contributed by atoms with Gasteiger partial charge >= 0.3 is 0 Å². The summed E-state index contributed by atoms with van der Waals surface area (Å²) < 4.78 is 5.91. The summed E-state index contributed by atoms with van der Waals surface area (Å²) >= 11 is 0. The summed E-state index contributed by atoms with van der Waals surface area (Å²) in [6.45, 7) is 9.10. The maximum absolute atomic E-state index is 5.91. The van der Waals surface area contributed by atoms with Gasteiger partial charge in [0, 0.05) is 52.4 Å². The van der Waals surface area contributed by atoms with E-state index in [4.69, 9.17) is 4.74 Å². The van der Waals surface area contributed by atoms with E-state index in [1.54, 1.807) is 0 Å². The molecule has 1 unspecified atom stereocenters. The molecule has 0 amide bonds. The summed E-state index contributed by atoms with van der Waals surface area (Å²) in [7, 11) is 4.40. The topological polar surface area (TPSA) is 19.0 Å². The van der Waals surface area contributed by atoms with E-state index in [0.717, 1.165) is 19.7 Å². The molecule has 2 fully saturated rings. The maximum Gasteiger partial charge on any atom is 0.0828 e. The zero-order chi connectivity index (χ0) is 11.4. The van der Waals surface area contributed by atoms with Gasteiger partial charge in [-0.3, -0.25) is 4.90 Å². The van der Waals surface area contributed by atoms with Crippen LogP contribution in [0.5, 0.6) is 0 Å². The van der Waals surface area contributed by atoms with Crippen molar-refractivity contribution in [3.05, 3.63) is 0 Å². The average Bonchev–Trinajstić information content (AvgIpc) is 2.46.